The molecule has 3 heterocycles. The molecule has 0 bridgehead atoms. The van der Waals surface area contributed by atoms with Gasteiger partial charge in [0.1, 0.15) is 5.75 Å². The monoisotopic (exact) mass is 342 g/mol. The van der Waals surface area contributed by atoms with E-state index in [0.717, 1.165) is 39.5 Å². The molecular weight excluding hydrogens is 324 g/mol. The Balaban J connectivity index is 1.61. The molecular formula is C21H18N4O. The lowest BCUT2D eigenvalue weighted by molar-refractivity contribution is 0.416. The maximum Gasteiger partial charge on any atom is 0.153 e. The minimum atomic E-state index is 0.785. The van der Waals surface area contributed by atoms with E-state index >= 15 is 0 Å². The van der Waals surface area contributed by atoms with Gasteiger partial charge in [0, 0.05) is 35.3 Å². The van der Waals surface area contributed by atoms with Gasteiger partial charge in [0.2, 0.25) is 0 Å². The van der Waals surface area contributed by atoms with E-state index in [2.05, 4.69) is 15.1 Å². The molecule has 4 aromatic rings. The van der Waals surface area contributed by atoms with Crippen molar-refractivity contribution in [2.45, 2.75) is 6.92 Å². The average molecular weight is 342 g/mol. The molecule has 0 unspecified atom stereocenters. The van der Waals surface area contributed by atoms with Crippen molar-refractivity contribution in [1.29, 1.82) is 0 Å². The first-order valence-corrected chi connectivity index (χ1v) is 8.32. The second-order valence-corrected chi connectivity index (χ2v) is 6.00. The zero-order valence-corrected chi connectivity index (χ0v) is 14.6. The van der Waals surface area contributed by atoms with Gasteiger partial charge in [-0.1, -0.05) is 24.3 Å². The first-order valence-electron chi connectivity index (χ1n) is 8.32. The van der Waals surface area contributed by atoms with Crippen LogP contribution in [0.25, 0.3) is 28.2 Å². The Labute approximate surface area is 151 Å². The molecule has 0 atom stereocenters. The Bertz CT molecular complexity index is 1020. The molecule has 4 rings (SSSR count). The maximum absolute atomic E-state index is 5.43. The van der Waals surface area contributed by atoms with E-state index < -0.39 is 0 Å². The van der Waals surface area contributed by atoms with Crippen LogP contribution < -0.4 is 4.74 Å². The van der Waals surface area contributed by atoms with Crippen LogP contribution >= 0.6 is 0 Å². The van der Waals surface area contributed by atoms with Gasteiger partial charge in [0.25, 0.3) is 0 Å². The van der Waals surface area contributed by atoms with E-state index in [1.54, 1.807) is 11.8 Å². The molecule has 0 aliphatic rings. The Hall–Kier alpha value is -3.47. The number of pyridine rings is 2. The fourth-order valence-electron chi connectivity index (χ4n) is 2.82. The number of nitrogens with zero attached hydrogens (tertiary/aromatic N) is 4. The van der Waals surface area contributed by atoms with Gasteiger partial charge in [-0.15, -0.1) is 0 Å². The molecule has 0 fully saturated rings. The van der Waals surface area contributed by atoms with Gasteiger partial charge in [0.05, 0.1) is 19.0 Å². The van der Waals surface area contributed by atoms with Crippen molar-refractivity contribution in [3.63, 3.8) is 0 Å². The molecule has 0 amide bonds. The second kappa shape index (κ2) is 6.80. The van der Waals surface area contributed by atoms with Crippen LogP contribution in [-0.2, 0) is 0 Å². The Morgan fingerprint density at radius 3 is 2.31 bits per heavy atom. The summed E-state index contributed by atoms with van der Waals surface area (Å²) >= 11 is 0. The van der Waals surface area contributed by atoms with Crippen molar-refractivity contribution in [2.24, 2.45) is 0 Å². The first-order chi connectivity index (χ1) is 12.7. The van der Waals surface area contributed by atoms with Crippen molar-refractivity contribution in [2.75, 3.05) is 7.11 Å². The molecule has 0 aliphatic carbocycles. The number of benzene rings is 1. The number of rotatable bonds is 4. The van der Waals surface area contributed by atoms with Crippen LogP contribution in [-0.4, -0.2) is 26.9 Å². The number of ether oxygens (including phenoxy) is 1. The SMILES string of the molecule is COc1ccccc1-c1ccc(-c2ccc(-n3cc(C)cn3)nc2)nc1. The lowest BCUT2D eigenvalue weighted by Crippen LogP contribution is -1.97. The summed E-state index contributed by atoms with van der Waals surface area (Å²) < 4.78 is 7.19. The van der Waals surface area contributed by atoms with Crippen LogP contribution in [0.4, 0.5) is 0 Å². The second-order valence-electron chi connectivity index (χ2n) is 6.00. The fraction of sp³-hybridized carbons (Fsp3) is 0.0952. The van der Waals surface area contributed by atoms with Gasteiger partial charge in [-0.25, -0.2) is 9.67 Å². The number of hydrogen-bond acceptors (Lipinski definition) is 4. The molecule has 0 spiro atoms. The smallest absolute Gasteiger partial charge is 0.153 e. The zero-order chi connectivity index (χ0) is 17.9. The van der Waals surface area contributed by atoms with Crippen LogP contribution in [0.2, 0.25) is 0 Å². The van der Waals surface area contributed by atoms with Crippen molar-refractivity contribution < 1.29 is 4.74 Å². The third kappa shape index (κ3) is 3.07. The summed E-state index contributed by atoms with van der Waals surface area (Å²) in [6.45, 7) is 2.01. The highest BCUT2D eigenvalue weighted by molar-refractivity contribution is 5.71. The number of aromatic nitrogens is 4. The summed E-state index contributed by atoms with van der Waals surface area (Å²) in [6.07, 6.45) is 7.44. The summed E-state index contributed by atoms with van der Waals surface area (Å²) in [5.41, 5.74) is 4.98. The summed E-state index contributed by atoms with van der Waals surface area (Å²) in [5.74, 6) is 1.62. The zero-order valence-electron chi connectivity index (χ0n) is 14.6. The molecule has 1 aromatic carbocycles. The summed E-state index contributed by atoms with van der Waals surface area (Å²) in [6, 6.07) is 15.9. The highest BCUT2D eigenvalue weighted by Crippen LogP contribution is 2.30. The van der Waals surface area contributed by atoms with Gasteiger partial charge in [-0.2, -0.15) is 5.10 Å². The molecule has 5 heteroatoms. The number of para-hydroxylation sites is 1. The van der Waals surface area contributed by atoms with Crippen LogP contribution in [0.1, 0.15) is 5.56 Å². The molecule has 26 heavy (non-hydrogen) atoms. The van der Waals surface area contributed by atoms with Crippen molar-refractivity contribution in [1.82, 2.24) is 19.7 Å². The van der Waals surface area contributed by atoms with Crippen LogP contribution in [0, 0.1) is 6.92 Å². The number of methoxy groups -OCH3 is 1. The van der Waals surface area contributed by atoms with Crippen molar-refractivity contribution in [3.8, 4) is 34.0 Å². The van der Waals surface area contributed by atoms with Crippen molar-refractivity contribution in [3.05, 3.63) is 78.9 Å². The average Bonchev–Trinajstić information content (AvgIpc) is 3.14. The molecule has 3 aromatic heterocycles. The van der Waals surface area contributed by atoms with Gasteiger partial charge in [-0.3, -0.25) is 4.98 Å². The molecule has 0 aliphatic heterocycles. The topological polar surface area (TPSA) is 52.8 Å². The lowest BCUT2D eigenvalue weighted by Gasteiger charge is -2.09. The van der Waals surface area contributed by atoms with E-state index in [4.69, 9.17) is 4.74 Å². The molecule has 0 N–H and O–H groups in total. The molecule has 0 saturated heterocycles. The highest BCUT2D eigenvalue weighted by Gasteiger charge is 2.07. The maximum atomic E-state index is 5.43. The van der Waals surface area contributed by atoms with Gasteiger partial charge in [0.15, 0.2) is 5.82 Å². The van der Waals surface area contributed by atoms with E-state index in [0.29, 0.717) is 0 Å². The number of hydrogen-bond donors (Lipinski definition) is 0. The van der Waals surface area contributed by atoms with Gasteiger partial charge >= 0.3 is 0 Å². The first kappa shape index (κ1) is 16.0. The van der Waals surface area contributed by atoms with Gasteiger partial charge < -0.3 is 4.74 Å². The van der Waals surface area contributed by atoms with Gasteiger partial charge in [-0.05, 0) is 36.8 Å². The Morgan fingerprint density at radius 1 is 0.846 bits per heavy atom. The minimum absolute atomic E-state index is 0.785. The summed E-state index contributed by atoms with van der Waals surface area (Å²) in [5, 5.41) is 4.28. The third-order valence-corrected chi connectivity index (χ3v) is 4.17. The van der Waals surface area contributed by atoms with E-state index in [1.807, 2.05) is 80.2 Å². The minimum Gasteiger partial charge on any atom is -0.496 e. The molecule has 5 nitrogen and oxygen atoms in total. The third-order valence-electron chi connectivity index (χ3n) is 4.17. The summed E-state index contributed by atoms with van der Waals surface area (Å²) in [4.78, 5) is 9.08. The standard InChI is InChI=1S/C21H18N4O/c1-15-11-24-25(14-15)21-10-8-17(13-23-21)19-9-7-16(12-22-19)18-5-3-4-6-20(18)26-2/h3-14H,1-2H3. The molecule has 0 saturated carbocycles. The quantitative estimate of drug-likeness (QED) is 0.554. The lowest BCUT2D eigenvalue weighted by atomic mass is 10.1. The highest BCUT2D eigenvalue weighted by atomic mass is 16.5. The fourth-order valence-corrected chi connectivity index (χ4v) is 2.82. The largest absolute Gasteiger partial charge is 0.496 e. The molecule has 128 valence electrons. The van der Waals surface area contributed by atoms with Crippen LogP contribution in [0.3, 0.4) is 0 Å². The van der Waals surface area contributed by atoms with E-state index in [9.17, 15) is 0 Å². The normalized spacial score (nSPS) is 10.7. The van der Waals surface area contributed by atoms with Crippen LogP contribution in [0.5, 0.6) is 5.75 Å². The predicted molar refractivity (Wildman–Crippen MR) is 101 cm³/mol. The van der Waals surface area contributed by atoms with E-state index in [-0.39, 0.29) is 0 Å². The summed E-state index contributed by atoms with van der Waals surface area (Å²) in [7, 11) is 1.68. The number of aryl methyl sites for hydroxylation is 1. The van der Waals surface area contributed by atoms with E-state index in [1.165, 1.54) is 0 Å². The Morgan fingerprint density at radius 2 is 1.65 bits per heavy atom. The van der Waals surface area contributed by atoms with Crippen LogP contribution in [0.15, 0.2) is 73.3 Å². The predicted octanol–water partition coefficient (Wildman–Crippen LogP) is 4.31. The Kier molecular flexibility index (Phi) is 4.19. The van der Waals surface area contributed by atoms with Crippen molar-refractivity contribution >= 4 is 0 Å². The molecule has 0 radical (unpaired) electrons.